The first-order valence-electron chi connectivity index (χ1n) is 6.10. The number of halogens is 3. The van der Waals surface area contributed by atoms with Crippen LogP contribution in [-0.4, -0.2) is 47.9 Å². The van der Waals surface area contributed by atoms with Gasteiger partial charge in [0, 0.05) is 31.4 Å². The molecule has 6 heteroatoms. The predicted molar refractivity (Wildman–Crippen MR) is 63.6 cm³/mol. The summed E-state index contributed by atoms with van der Waals surface area (Å²) in [5.74, 6) is 0. The summed E-state index contributed by atoms with van der Waals surface area (Å²) < 4.78 is 38.1. The van der Waals surface area contributed by atoms with E-state index < -0.39 is 11.7 Å². The summed E-state index contributed by atoms with van der Waals surface area (Å²) >= 11 is 0. The Kier molecular flexibility index (Phi) is 3.68. The molecule has 1 fully saturated rings. The molecule has 0 aliphatic carbocycles. The Bertz CT molecular complexity index is 362. The molecule has 2 aliphatic heterocycles. The van der Waals surface area contributed by atoms with E-state index in [0.29, 0.717) is 0 Å². The SMILES string of the molecule is CC1NCCN(N2C=CC=C(C(F)(F)F)C2)C1C. The standard InChI is InChI=1S/C12H18F3N3/c1-9-10(2)18(7-5-16-9)17-6-3-4-11(8-17)12(13,14)15/h3-4,6,9-10,16H,5,7-8H2,1-2H3. The van der Waals surface area contributed by atoms with Gasteiger partial charge in [-0.2, -0.15) is 13.2 Å². The second-order valence-electron chi connectivity index (χ2n) is 4.78. The van der Waals surface area contributed by atoms with Gasteiger partial charge in [0.1, 0.15) is 0 Å². The molecule has 18 heavy (non-hydrogen) atoms. The number of alkyl halides is 3. The molecule has 2 aliphatic rings. The summed E-state index contributed by atoms with van der Waals surface area (Å²) in [6.07, 6.45) is 0.0776. The van der Waals surface area contributed by atoms with Crippen LogP contribution in [0.2, 0.25) is 0 Å². The van der Waals surface area contributed by atoms with Gasteiger partial charge in [0.15, 0.2) is 0 Å². The third-order valence-corrected chi connectivity index (χ3v) is 3.58. The van der Waals surface area contributed by atoms with Crippen LogP contribution in [0.3, 0.4) is 0 Å². The normalized spacial score (nSPS) is 30.5. The first kappa shape index (κ1) is 13.4. The minimum atomic E-state index is -4.24. The fraction of sp³-hybridized carbons (Fsp3) is 0.667. The van der Waals surface area contributed by atoms with Gasteiger partial charge in [-0.25, -0.2) is 5.01 Å². The Balaban J connectivity index is 2.08. The molecular formula is C12H18F3N3. The number of nitrogens with one attached hydrogen (secondary N) is 1. The number of hydrogen-bond donors (Lipinski definition) is 1. The Hall–Kier alpha value is -1.01. The van der Waals surface area contributed by atoms with Gasteiger partial charge in [-0.1, -0.05) is 6.08 Å². The number of piperazine rings is 1. The maximum Gasteiger partial charge on any atom is 0.414 e. The molecule has 0 saturated carbocycles. The number of allylic oxidation sites excluding steroid dienone is 2. The predicted octanol–water partition coefficient (Wildman–Crippen LogP) is 1.90. The van der Waals surface area contributed by atoms with Crippen molar-refractivity contribution < 1.29 is 13.2 Å². The van der Waals surface area contributed by atoms with Crippen LogP contribution in [-0.2, 0) is 0 Å². The molecule has 0 radical (unpaired) electrons. The van der Waals surface area contributed by atoms with Gasteiger partial charge < -0.3 is 10.3 Å². The van der Waals surface area contributed by atoms with Gasteiger partial charge in [-0.05, 0) is 19.9 Å². The minimum absolute atomic E-state index is 0.100. The van der Waals surface area contributed by atoms with E-state index in [0.717, 1.165) is 19.2 Å². The number of hydrogen-bond acceptors (Lipinski definition) is 3. The van der Waals surface area contributed by atoms with Gasteiger partial charge in [-0.3, -0.25) is 0 Å². The van der Waals surface area contributed by atoms with Gasteiger partial charge in [0.05, 0.1) is 12.1 Å². The van der Waals surface area contributed by atoms with Crippen molar-refractivity contribution in [3.05, 3.63) is 23.9 Å². The number of hydrazine groups is 1. The van der Waals surface area contributed by atoms with Crippen molar-refractivity contribution in [1.29, 1.82) is 0 Å². The van der Waals surface area contributed by atoms with Crippen molar-refractivity contribution in [2.75, 3.05) is 19.6 Å². The quantitative estimate of drug-likeness (QED) is 0.778. The Morgan fingerprint density at radius 2 is 2.06 bits per heavy atom. The van der Waals surface area contributed by atoms with Crippen LogP contribution >= 0.6 is 0 Å². The van der Waals surface area contributed by atoms with Crippen molar-refractivity contribution >= 4 is 0 Å². The van der Waals surface area contributed by atoms with Crippen LogP contribution in [0.1, 0.15) is 13.8 Å². The summed E-state index contributed by atoms with van der Waals surface area (Å²) in [5, 5.41) is 6.98. The van der Waals surface area contributed by atoms with Crippen LogP contribution in [0.25, 0.3) is 0 Å². The van der Waals surface area contributed by atoms with E-state index in [2.05, 4.69) is 5.32 Å². The average Bonchev–Trinajstić information content (AvgIpc) is 2.32. The summed E-state index contributed by atoms with van der Waals surface area (Å²) in [6.45, 7) is 5.49. The van der Waals surface area contributed by atoms with E-state index in [1.807, 2.05) is 18.9 Å². The van der Waals surface area contributed by atoms with E-state index in [-0.39, 0.29) is 18.6 Å². The molecule has 1 N–H and O–H groups in total. The van der Waals surface area contributed by atoms with Crippen LogP contribution < -0.4 is 5.32 Å². The molecule has 2 unspecified atom stereocenters. The molecule has 2 rings (SSSR count). The molecule has 0 aromatic rings. The fourth-order valence-electron chi connectivity index (χ4n) is 2.30. The maximum atomic E-state index is 12.7. The Labute approximate surface area is 105 Å². The highest BCUT2D eigenvalue weighted by Gasteiger charge is 2.37. The highest BCUT2D eigenvalue weighted by molar-refractivity contribution is 5.22. The van der Waals surface area contributed by atoms with E-state index >= 15 is 0 Å². The Morgan fingerprint density at radius 1 is 1.33 bits per heavy atom. The molecule has 0 aromatic carbocycles. The molecule has 0 aromatic heterocycles. The van der Waals surface area contributed by atoms with Crippen molar-refractivity contribution in [3.63, 3.8) is 0 Å². The van der Waals surface area contributed by atoms with Crippen molar-refractivity contribution in [3.8, 4) is 0 Å². The van der Waals surface area contributed by atoms with E-state index in [4.69, 9.17) is 0 Å². The highest BCUT2D eigenvalue weighted by atomic mass is 19.4. The fourth-order valence-corrected chi connectivity index (χ4v) is 2.30. The molecule has 0 bridgehead atoms. The van der Waals surface area contributed by atoms with Gasteiger partial charge >= 0.3 is 6.18 Å². The maximum absolute atomic E-state index is 12.7. The summed E-state index contributed by atoms with van der Waals surface area (Å²) in [4.78, 5) is 0. The van der Waals surface area contributed by atoms with Crippen LogP contribution in [0.4, 0.5) is 13.2 Å². The number of nitrogens with zero attached hydrogens (tertiary/aromatic N) is 2. The zero-order chi connectivity index (χ0) is 13.3. The Morgan fingerprint density at radius 3 is 2.72 bits per heavy atom. The molecule has 3 nitrogen and oxygen atoms in total. The van der Waals surface area contributed by atoms with Crippen molar-refractivity contribution in [2.24, 2.45) is 0 Å². The molecule has 0 amide bonds. The summed E-state index contributed by atoms with van der Waals surface area (Å²) in [7, 11) is 0. The van der Waals surface area contributed by atoms with Crippen molar-refractivity contribution in [1.82, 2.24) is 15.3 Å². The largest absolute Gasteiger partial charge is 0.414 e. The zero-order valence-corrected chi connectivity index (χ0v) is 10.5. The van der Waals surface area contributed by atoms with Crippen LogP contribution in [0.15, 0.2) is 23.9 Å². The lowest BCUT2D eigenvalue weighted by Crippen LogP contribution is -2.60. The molecule has 1 saturated heterocycles. The van der Waals surface area contributed by atoms with E-state index in [9.17, 15) is 13.2 Å². The second kappa shape index (κ2) is 4.93. The lowest BCUT2D eigenvalue weighted by atomic mass is 10.1. The van der Waals surface area contributed by atoms with Crippen molar-refractivity contribution in [2.45, 2.75) is 32.1 Å². The number of rotatable bonds is 1. The lowest BCUT2D eigenvalue weighted by Gasteiger charge is -2.45. The average molecular weight is 261 g/mol. The molecule has 0 spiro atoms. The monoisotopic (exact) mass is 261 g/mol. The van der Waals surface area contributed by atoms with Crippen LogP contribution in [0.5, 0.6) is 0 Å². The smallest absolute Gasteiger partial charge is 0.311 e. The third kappa shape index (κ3) is 2.70. The first-order valence-corrected chi connectivity index (χ1v) is 6.10. The molecular weight excluding hydrogens is 243 g/mol. The summed E-state index contributed by atoms with van der Waals surface area (Å²) in [6, 6.07) is 0.448. The van der Waals surface area contributed by atoms with E-state index in [1.54, 1.807) is 11.2 Å². The van der Waals surface area contributed by atoms with Crippen LogP contribution in [0, 0.1) is 0 Å². The zero-order valence-electron chi connectivity index (χ0n) is 10.5. The molecule has 102 valence electrons. The highest BCUT2D eigenvalue weighted by Crippen LogP contribution is 2.29. The van der Waals surface area contributed by atoms with Gasteiger partial charge in [-0.15, -0.1) is 0 Å². The summed E-state index contributed by atoms with van der Waals surface area (Å²) in [5.41, 5.74) is -0.497. The second-order valence-corrected chi connectivity index (χ2v) is 4.78. The molecule has 2 atom stereocenters. The topological polar surface area (TPSA) is 18.5 Å². The van der Waals surface area contributed by atoms with Gasteiger partial charge in [0.2, 0.25) is 0 Å². The van der Waals surface area contributed by atoms with E-state index in [1.165, 1.54) is 6.08 Å². The molecule has 2 heterocycles. The third-order valence-electron chi connectivity index (χ3n) is 3.58. The lowest BCUT2D eigenvalue weighted by molar-refractivity contribution is -0.107. The first-order chi connectivity index (χ1) is 8.39. The minimum Gasteiger partial charge on any atom is -0.311 e. The van der Waals surface area contributed by atoms with Gasteiger partial charge in [0.25, 0.3) is 0 Å².